The van der Waals surface area contributed by atoms with Crippen LogP contribution >= 0.6 is 0 Å². The molecule has 0 bridgehead atoms. The number of hydrogen-bond donors (Lipinski definition) is 1. The average molecular weight is 379 g/mol. The maximum absolute atomic E-state index is 12.1. The van der Waals surface area contributed by atoms with Gasteiger partial charge in [0.15, 0.2) is 18.1 Å². The lowest BCUT2D eigenvalue weighted by molar-refractivity contribution is -0.149. The van der Waals surface area contributed by atoms with Crippen molar-refractivity contribution in [3.8, 4) is 11.5 Å². The molecular formula is C21H33NO5. The number of nitrogens with one attached hydrogen (secondary N) is 1. The van der Waals surface area contributed by atoms with Crippen molar-refractivity contribution in [2.75, 3.05) is 20.8 Å². The van der Waals surface area contributed by atoms with Gasteiger partial charge < -0.3 is 19.5 Å². The van der Waals surface area contributed by atoms with E-state index in [1.54, 1.807) is 20.3 Å². The number of hydrogen-bond acceptors (Lipinski definition) is 5. The van der Waals surface area contributed by atoms with Crippen molar-refractivity contribution < 1.29 is 23.8 Å². The summed E-state index contributed by atoms with van der Waals surface area (Å²) in [6, 6.07) is 5.49. The van der Waals surface area contributed by atoms with Crippen LogP contribution in [-0.2, 0) is 20.7 Å². The number of rotatable bonds is 9. The molecule has 0 aliphatic heterocycles. The quantitative estimate of drug-likeness (QED) is 0.665. The monoisotopic (exact) mass is 379 g/mol. The zero-order chi connectivity index (χ0) is 20.7. The molecule has 0 aromatic heterocycles. The van der Waals surface area contributed by atoms with Crippen molar-refractivity contribution in [3.05, 3.63) is 23.8 Å². The maximum atomic E-state index is 12.1. The van der Waals surface area contributed by atoms with E-state index >= 15 is 0 Å². The third kappa shape index (κ3) is 8.80. The zero-order valence-electron chi connectivity index (χ0n) is 17.6. The molecular weight excluding hydrogens is 346 g/mol. The van der Waals surface area contributed by atoms with Crippen LogP contribution in [0.2, 0.25) is 0 Å². The number of aryl methyl sites for hydroxylation is 1. The highest BCUT2D eigenvalue weighted by atomic mass is 16.5. The fraction of sp³-hybridized carbons (Fsp3) is 0.619. The summed E-state index contributed by atoms with van der Waals surface area (Å²) in [4.78, 5) is 24.0. The fourth-order valence-electron chi connectivity index (χ4n) is 3.28. The normalized spacial score (nSPS) is 11.7. The Bertz CT molecular complexity index is 646. The molecule has 1 aromatic rings. The van der Waals surface area contributed by atoms with Crippen molar-refractivity contribution >= 4 is 11.9 Å². The van der Waals surface area contributed by atoms with Crippen LogP contribution in [0.3, 0.4) is 0 Å². The summed E-state index contributed by atoms with van der Waals surface area (Å²) in [5.41, 5.74) is 0.661. The molecule has 0 heterocycles. The van der Waals surface area contributed by atoms with Crippen molar-refractivity contribution in [1.82, 2.24) is 5.32 Å². The molecule has 0 atom stereocenters. The molecule has 0 fully saturated rings. The fourth-order valence-corrected chi connectivity index (χ4v) is 3.28. The topological polar surface area (TPSA) is 73.9 Å². The summed E-state index contributed by atoms with van der Waals surface area (Å²) in [6.45, 7) is 10.0. The molecule has 0 aliphatic carbocycles. The smallest absolute Gasteiger partial charge is 0.306 e. The predicted octanol–water partition coefficient (Wildman–Crippen LogP) is 3.51. The van der Waals surface area contributed by atoms with Gasteiger partial charge in [0, 0.05) is 12.0 Å². The van der Waals surface area contributed by atoms with Crippen LogP contribution in [0, 0.1) is 5.41 Å². The maximum Gasteiger partial charge on any atom is 0.306 e. The lowest BCUT2D eigenvalue weighted by Gasteiger charge is -2.33. The van der Waals surface area contributed by atoms with Gasteiger partial charge in [0.2, 0.25) is 0 Å². The summed E-state index contributed by atoms with van der Waals surface area (Å²) in [5, 5.41) is 2.92. The van der Waals surface area contributed by atoms with E-state index in [2.05, 4.69) is 26.1 Å². The molecule has 0 radical (unpaired) electrons. The Hall–Kier alpha value is -2.24. The predicted molar refractivity (Wildman–Crippen MR) is 105 cm³/mol. The van der Waals surface area contributed by atoms with Crippen LogP contribution < -0.4 is 14.8 Å². The van der Waals surface area contributed by atoms with Gasteiger partial charge in [-0.05, 0) is 49.8 Å². The Morgan fingerprint density at radius 2 is 1.63 bits per heavy atom. The van der Waals surface area contributed by atoms with Crippen LogP contribution in [0.15, 0.2) is 18.2 Å². The Kier molecular flexibility index (Phi) is 8.13. The minimum atomic E-state index is -0.409. The van der Waals surface area contributed by atoms with Gasteiger partial charge in [0.05, 0.1) is 14.2 Å². The second-order valence-electron chi connectivity index (χ2n) is 8.52. The standard InChI is InChI=1S/C21H33NO5/c1-20(2,3)14-21(4,5)22-18(23)13-27-19(24)11-9-15-8-10-16(25-6)17(12-15)26-7/h8,10,12H,9,11,13-14H2,1-7H3,(H,22,23). The van der Waals surface area contributed by atoms with E-state index in [1.165, 1.54) is 0 Å². The minimum Gasteiger partial charge on any atom is -0.493 e. The molecule has 27 heavy (non-hydrogen) atoms. The van der Waals surface area contributed by atoms with Crippen LogP contribution in [0.4, 0.5) is 0 Å². The number of benzene rings is 1. The summed E-state index contributed by atoms with van der Waals surface area (Å²) in [5.74, 6) is 0.555. The molecule has 0 saturated heterocycles. The molecule has 1 rings (SSSR count). The van der Waals surface area contributed by atoms with Crippen LogP contribution in [0.25, 0.3) is 0 Å². The number of carbonyl (C=O) groups excluding carboxylic acids is 2. The Morgan fingerprint density at radius 1 is 1.00 bits per heavy atom. The number of ether oxygens (including phenoxy) is 3. The van der Waals surface area contributed by atoms with Gasteiger partial charge in [-0.15, -0.1) is 0 Å². The van der Waals surface area contributed by atoms with Crippen LogP contribution in [0.5, 0.6) is 11.5 Å². The number of amides is 1. The third-order valence-corrected chi connectivity index (χ3v) is 3.88. The second-order valence-corrected chi connectivity index (χ2v) is 8.52. The zero-order valence-corrected chi connectivity index (χ0v) is 17.6. The Labute approximate surface area is 162 Å². The van der Waals surface area contributed by atoms with E-state index in [-0.39, 0.29) is 29.9 Å². The molecule has 0 saturated carbocycles. The molecule has 1 aromatic carbocycles. The van der Waals surface area contributed by atoms with Gasteiger partial charge in [0.25, 0.3) is 5.91 Å². The van der Waals surface area contributed by atoms with Crippen molar-refractivity contribution in [3.63, 3.8) is 0 Å². The molecule has 6 heteroatoms. The molecule has 0 unspecified atom stereocenters. The first-order valence-electron chi connectivity index (χ1n) is 9.13. The lowest BCUT2D eigenvalue weighted by Crippen LogP contribution is -2.47. The van der Waals surface area contributed by atoms with Crippen molar-refractivity contribution in [1.29, 1.82) is 0 Å². The van der Waals surface area contributed by atoms with E-state index < -0.39 is 5.97 Å². The van der Waals surface area contributed by atoms with E-state index in [0.29, 0.717) is 17.9 Å². The third-order valence-electron chi connectivity index (χ3n) is 3.88. The SMILES string of the molecule is COc1ccc(CCC(=O)OCC(=O)NC(C)(C)CC(C)(C)C)cc1OC. The molecule has 0 aliphatic rings. The van der Waals surface area contributed by atoms with E-state index in [1.807, 2.05) is 26.0 Å². The number of methoxy groups -OCH3 is 2. The Morgan fingerprint density at radius 3 is 2.19 bits per heavy atom. The van der Waals surface area contributed by atoms with Crippen LogP contribution in [0.1, 0.15) is 53.0 Å². The van der Waals surface area contributed by atoms with Gasteiger partial charge in [0.1, 0.15) is 0 Å². The highest BCUT2D eigenvalue weighted by Crippen LogP contribution is 2.28. The molecule has 1 amide bonds. The molecule has 1 N–H and O–H groups in total. The van der Waals surface area contributed by atoms with Gasteiger partial charge in [-0.1, -0.05) is 26.8 Å². The first-order chi connectivity index (χ1) is 12.5. The largest absolute Gasteiger partial charge is 0.493 e. The lowest BCUT2D eigenvalue weighted by atomic mass is 9.82. The number of esters is 1. The van der Waals surface area contributed by atoms with Crippen molar-refractivity contribution in [2.45, 2.75) is 59.4 Å². The van der Waals surface area contributed by atoms with E-state index in [9.17, 15) is 9.59 Å². The van der Waals surface area contributed by atoms with E-state index in [4.69, 9.17) is 14.2 Å². The minimum absolute atomic E-state index is 0.0902. The first kappa shape index (κ1) is 22.8. The summed E-state index contributed by atoms with van der Waals surface area (Å²) >= 11 is 0. The van der Waals surface area contributed by atoms with Crippen LogP contribution in [-0.4, -0.2) is 38.2 Å². The summed E-state index contributed by atoms with van der Waals surface area (Å²) in [6.07, 6.45) is 1.50. The highest BCUT2D eigenvalue weighted by molar-refractivity contribution is 5.81. The first-order valence-corrected chi connectivity index (χ1v) is 9.13. The van der Waals surface area contributed by atoms with Crippen molar-refractivity contribution in [2.24, 2.45) is 5.41 Å². The van der Waals surface area contributed by atoms with Gasteiger partial charge >= 0.3 is 5.97 Å². The molecule has 0 spiro atoms. The number of carbonyl (C=O) groups is 2. The molecule has 152 valence electrons. The van der Waals surface area contributed by atoms with Gasteiger partial charge in [-0.2, -0.15) is 0 Å². The second kappa shape index (κ2) is 9.62. The Balaban J connectivity index is 2.44. The average Bonchev–Trinajstić information content (AvgIpc) is 2.55. The summed E-state index contributed by atoms with van der Waals surface area (Å²) in [7, 11) is 3.14. The highest BCUT2D eigenvalue weighted by Gasteiger charge is 2.27. The van der Waals surface area contributed by atoms with E-state index in [0.717, 1.165) is 12.0 Å². The van der Waals surface area contributed by atoms with Gasteiger partial charge in [-0.25, -0.2) is 0 Å². The summed E-state index contributed by atoms with van der Waals surface area (Å²) < 4.78 is 15.5. The van der Waals surface area contributed by atoms with Gasteiger partial charge in [-0.3, -0.25) is 9.59 Å². The molecule has 6 nitrogen and oxygen atoms in total.